The van der Waals surface area contributed by atoms with Gasteiger partial charge in [0, 0.05) is 5.41 Å². The molecular formula is C13H20O. The summed E-state index contributed by atoms with van der Waals surface area (Å²) < 4.78 is 0. The number of aryl methyl sites for hydroxylation is 2. The molecule has 0 saturated heterocycles. The lowest BCUT2D eigenvalue weighted by atomic mass is 9.83. The molecule has 1 aromatic carbocycles. The number of aliphatic hydroxyl groups is 1. The summed E-state index contributed by atoms with van der Waals surface area (Å²) >= 11 is 0. The highest BCUT2D eigenvalue weighted by atomic mass is 16.3. The predicted molar refractivity (Wildman–Crippen MR) is 60.8 cm³/mol. The number of benzene rings is 1. The Morgan fingerprint density at radius 2 is 1.50 bits per heavy atom. The van der Waals surface area contributed by atoms with Gasteiger partial charge >= 0.3 is 0 Å². The van der Waals surface area contributed by atoms with Gasteiger partial charge in [-0.2, -0.15) is 0 Å². The fraction of sp³-hybridized carbons (Fsp3) is 0.538. The summed E-state index contributed by atoms with van der Waals surface area (Å²) in [5.74, 6) is 0. The van der Waals surface area contributed by atoms with Gasteiger partial charge in [0.2, 0.25) is 0 Å². The van der Waals surface area contributed by atoms with E-state index in [0.29, 0.717) is 0 Å². The molecule has 1 nitrogen and oxygen atoms in total. The Labute approximate surface area is 86.8 Å². The van der Waals surface area contributed by atoms with Crippen molar-refractivity contribution in [1.29, 1.82) is 0 Å². The summed E-state index contributed by atoms with van der Waals surface area (Å²) in [5, 5.41) is 9.30. The van der Waals surface area contributed by atoms with Crippen molar-refractivity contribution in [2.45, 2.75) is 40.0 Å². The zero-order chi connectivity index (χ0) is 10.9. The molecule has 0 unspecified atom stereocenters. The van der Waals surface area contributed by atoms with E-state index in [1.807, 2.05) is 0 Å². The summed E-state index contributed by atoms with van der Waals surface area (Å²) in [6.07, 6.45) is 0. The fourth-order valence-corrected chi connectivity index (χ4v) is 1.52. The van der Waals surface area contributed by atoms with Gasteiger partial charge in [-0.1, -0.05) is 26.0 Å². The Kier molecular flexibility index (Phi) is 3.01. The number of hydrogen-bond acceptors (Lipinski definition) is 1. The molecule has 0 spiro atoms. The number of rotatable bonds is 2. The van der Waals surface area contributed by atoms with Gasteiger partial charge in [-0.25, -0.2) is 0 Å². The smallest absolute Gasteiger partial charge is 0.0522 e. The van der Waals surface area contributed by atoms with Crippen molar-refractivity contribution in [1.82, 2.24) is 0 Å². The Morgan fingerprint density at radius 1 is 1.07 bits per heavy atom. The lowest BCUT2D eigenvalue weighted by molar-refractivity contribution is 0.218. The van der Waals surface area contributed by atoms with Gasteiger partial charge in [0.05, 0.1) is 6.61 Å². The van der Waals surface area contributed by atoms with Gasteiger partial charge in [0.15, 0.2) is 0 Å². The summed E-state index contributed by atoms with van der Waals surface area (Å²) in [6, 6.07) is 4.36. The van der Waals surface area contributed by atoms with Crippen molar-refractivity contribution in [3.8, 4) is 0 Å². The van der Waals surface area contributed by atoms with Crippen LogP contribution in [0.1, 0.15) is 36.1 Å². The quantitative estimate of drug-likeness (QED) is 0.764. The van der Waals surface area contributed by atoms with Crippen LogP contribution in [0, 0.1) is 20.8 Å². The standard InChI is InChI=1S/C13H20O/c1-9-6-12(13(4,5)8-14)7-10(2)11(9)3/h6-7,14H,8H2,1-5H3. The zero-order valence-corrected chi connectivity index (χ0v) is 9.81. The Bertz CT molecular complexity index is 314. The van der Waals surface area contributed by atoms with E-state index in [1.54, 1.807) is 0 Å². The van der Waals surface area contributed by atoms with Crippen LogP contribution in [0.4, 0.5) is 0 Å². The highest BCUT2D eigenvalue weighted by molar-refractivity contribution is 5.39. The zero-order valence-electron chi connectivity index (χ0n) is 9.81. The van der Waals surface area contributed by atoms with Crippen molar-refractivity contribution in [3.63, 3.8) is 0 Å². The summed E-state index contributed by atoms with van der Waals surface area (Å²) in [5.41, 5.74) is 5.05. The lowest BCUT2D eigenvalue weighted by Crippen LogP contribution is -2.22. The Hall–Kier alpha value is -0.820. The van der Waals surface area contributed by atoms with Crippen LogP contribution < -0.4 is 0 Å². The molecule has 0 aliphatic carbocycles. The van der Waals surface area contributed by atoms with Gasteiger partial charge in [-0.05, 0) is 43.0 Å². The van der Waals surface area contributed by atoms with Crippen LogP contribution in [0.2, 0.25) is 0 Å². The van der Waals surface area contributed by atoms with E-state index < -0.39 is 0 Å². The molecule has 1 N–H and O–H groups in total. The van der Waals surface area contributed by atoms with Crippen molar-refractivity contribution < 1.29 is 5.11 Å². The second-order valence-electron chi connectivity index (χ2n) is 4.78. The average Bonchev–Trinajstić information content (AvgIpc) is 2.13. The first-order chi connectivity index (χ1) is 6.38. The van der Waals surface area contributed by atoms with E-state index in [9.17, 15) is 5.11 Å². The van der Waals surface area contributed by atoms with Gasteiger partial charge in [-0.15, -0.1) is 0 Å². The molecule has 0 saturated carbocycles. The molecule has 0 radical (unpaired) electrons. The van der Waals surface area contributed by atoms with E-state index in [0.717, 1.165) is 0 Å². The molecule has 0 aromatic heterocycles. The van der Waals surface area contributed by atoms with Crippen LogP contribution >= 0.6 is 0 Å². The van der Waals surface area contributed by atoms with Crippen LogP contribution in [-0.2, 0) is 5.41 Å². The van der Waals surface area contributed by atoms with Crippen molar-refractivity contribution in [3.05, 3.63) is 34.4 Å². The minimum Gasteiger partial charge on any atom is -0.395 e. The molecule has 14 heavy (non-hydrogen) atoms. The number of aliphatic hydroxyl groups excluding tert-OH is 1. The largest absolute Gasteiger partial charge is 0.395 e. The first-order valence-corrected chi connectivity index (χ1v) is 5.07. The van der Waals surface area contributed by atoms with Gasteiger partial charge < -0.3 is 5.11 Å². The molecule has 0 aliphatic heterocycles. The Morgan fingerprint density at radius 3 is 1.86 bits per heavy atom. The van der Waals surface area contributed by atoms with Crippen LogP contribution in [-0.4, -0.2) is 11.7 Å². The molecule has 78 valence electrons. The molecule has 0 fully saturated rings. The summed E-state index contributed by atoms with van der Waals surface area (Å²) in [7, 11) is 0. The average molecular weight is 192 g/mol. The van der Waals surface area contributed by atoms with Gasteiger partial charge in [-0.3, -0.25) is 0 Å². The molecule has 1 rings (SSSR count). The van der Waals surface area contributed by atoms with Gasteiger partial charge in [0.1, 0.15) is 0 Å². The minimum absolute atomic E-state index is 0.136. The molecule has 0 amide bonds. The third-order valence-electron chi connectivity index (χ3n) is 3.10. The second-order valence-corrected chi connectivity index (χ2v) is 4.78. The lowest BCUT2D eigenvalue weighted by Gasteiger charge is -2.24. The van der Waals surface area contributed by atoms with Crippen LogP contribution in [0.3, 0.4) is 0 Å². The summed E-state index contributed by atoms with van der Waals surface area (Å²) in [6.45, 7) is 10.7. The predicted octanol–water partition coefficient (Wildman–Crippen LogP) is 2.88. The van der Waals surface area contributed by atoms with Gasteiger partial charge in [0.25, 0.3) is 0 Å². The van der Waals surface area contributed by atoms with Crippen molar-refractivity contribution >= 4 is 0 Å². The van der Waals surface area contributed by atoms with Crippen molar-refractivity contribution in [2.24, 2.45) is 0 Å². The monoisotopic (exact) mass is 192 g/mol. The summed E-state index contributed by atoms with van der Waals surface area (Å²) in [4.78, 5) is 0. The third-order valence-corrected chi connectivity index (χ3v) is 3.10. The first-order valence-electron chi connectivity index (χ1n) is 5.07. The molecule has 1 heteroatoms. The maximum absolute atomic E-state index is 9.30. The van der Waals surface area contributed by atoms with E-state index >= 15 is 0 Å². The normalized spacial score (nSPS) is 11.9. The van der Waals surface area contributed by atoms with Crippen LogP contribution in [0.15, 0.2) is 12.1 Å². The fourth-order valence-electron chi connectivity index (χ4n) is 1.52. The third kappa shape index (κ3) is 1.98. The molecule has 0 bridgehead atoms. The first kappa shape index (κ1) is 11.3. The molecule has 1 aromatic rings. The van der Waals surface area contributed by atoms with Crippen LogP contribution in [0.25, 0.3) is 0 Å². The second kappa shape index (κ2) is 3.74. The molecule has 0 heterocycles. The molecular weight excluding hydrogens is 172 g/mol. The van der Waals surface area contributed by atoms with Crippen LogP contribution in [0.5, 0.6) is 0 Å². The van der Waals surface area contributed by atoms with E-state index in [4.69, 9.17) is 0 Å². The Balaban J connectivity index is 3.26. The van der Waals surface area contributed by atoms with E-state index in [1.165, 1.54) is 22.3 Å². The maximum Gasteiger partial charge on any atom is 0.0522 e. The molecule has 0 atom stereocenters. The molecule has 0 aliphatic rings. The van der Waals surface area contributed by atoms with E-state index in [2.05, 4.69) is 46.8 Å². The number of hydrogen-bond donors (Lipinski definition) is 1. The highest BCUT2D eigenvalue weighted by Gasteiger charge is 2.20. The van der Waals surface area contributed by atoms with E-state index in [-0.39, 0.29) is 12.0 Å². The van der Waals surface area contributed by atoms with Crippen molar-refractivity contribution in [2.75, 3.05) is 6.61 Å². The SMILES string of the molecule is Cc1cc(C(C)(C)CO)cc(C)c1C. The minimum atomic E-state index is -0.136. The highest BCUT2D eigenvalue weighted by Crippen LogP contribution is 2.26. The maximum atomic E-state index is 9.30. The topological polar surface area (TPSA) is 20.2 Å².